The van der Waals surface area contributed by atoms with Crippen LogP contribution in [-0.2, 0) is 6.42 Å². The van der Waals surface area contributed by atoms with Crippen LogP contribution in [0.25, 0.3) is 0 Å². The van der Waals surface area contributed by atoms with Crippen LogP contribution in [0.2, 0.25) is 0 Å². The van der Waals surface area contributed by atoms with Gasteiger partial charge >= 0.3 is 0 Å². The van der Waals surface area contributed by atoms with E-state index in [0.717, 1.165) is 10.9 Å². The second-order valence-electron chi connectivity index (χ2n) is 3.76. The highest BCUT2D eigenvalue weighted by Gasteiger charge is 2.18. The third-order valence-corrected chi connectivity index (χ3v) is 2.67. The molecule has 0 radical (unpaired) electrons. The van der Waals surface area contributed by atoms with Crippen molar-refractivity contribution in [1.82, 2.24) is 0 Å². The van der Waals surface area contributed by atoms with Crippen molar-refractivity contribution in [3.8, 4) is 6.07 Å². The number of hydrogen-bond donors (Lipinski definition) is 0. The van der Waals surface area contributed by atoms with Crippen molar-refractivity contribution in [2.24, 2.45) is 5.41 Å². The average molecular weight is 238 g/mol. The smallest absolute Gasteiger partial charge is 0.0687 e. The van der Waals surface area contributed by atoms with Crippen LogP contribution in [0.4, 0.5) is 0 Å². The van der Waals surface area contributed by atoms with Gasteiger partial charge in [-0.3, -0.25) is 0 Å². The molecule has 0 amide bonds. The summed E-state index contributed by atoms with van der Waals surface area (Å²) in [7, 11) is 0. The van der Waals surface area contributed by atoms with Crippen molar-refractivity contribution < 1.29 is 0 Å². The summed E-state index contributed by atoms with van der Waals surface area (Å²) in [5.41, 5.74) is 0.901. The Labute approximate surface area is 87.5 Å². The van der Waals surface area contributed by atoms with Gasteiger partial charge in [0.05, 0.1) is 11.5 Å². The predicted molar refractivity (Wildman–Crippen MR) is 57.2 cm³/mol. The zero-order valence-electron chi connectivity index (χ0n) is 7.84. The number of nitrogens with zero attached hydrogens (tertiary/aromatic N) is 1. The first kappa shape index (κ1) is 10.3. The van der Waals surface area contributed by atoms with Crippen molar-refractivity contribution in [3.63, 3.8) is 0 Å². The van der Waals surface area contributed by atoms with Crippen molar-refractivity contribution in [2.75, 3.05) is 0 Å². The molecule has 2 heteroatoms. The zero-order chi connectivity index (χ0) is 9.90. The fourth-order valence-corrected chi connectivity index (χ4v) is 1.58. The molecular weight excluding hydrogens is 226 g/mol. The van der Waals surface area contributed by atoms with Crippen molar-refractivity contribution in [3.05, 3.63) is 34.3 Å². The van der Waals surface area contributed by atoms with Crippen molar-refractivity contribution >= 4 is 15.9 Å². The van der Waals surface area contributed by atoms with Gasteiger partial charge in [-0.1, -0.05) is 34.1 Å². The Morgan fingerprint density at radius 3 is 2.54 bits per heavy atom. The molecule has 13 heavy (non-hydrogen) atoms. The molecule has 68 valence electrons. The van der Waals surface area contributed by atoms with Crippen LogP contribution >= 0.6 is 15.9 Å². The Morgan fingerprint density at radius 2 is 2.00 bits per heavy atom. The molecule has 0 atom stereocenters. The van der Waals surface area contributed by atoms with Gasteiger partial charge in [-0.2, -0.15) is 5.26 Å². The van der Waals surface area contributed by atoms with Crippen LogP contribution < -0.4 is 0 Å². The molecule has 1 nitrogen and oxygen atoms in total. The van der Waals surface area contributed by atoms with Gasteiger partial charge in [0.25, 0.3) is 0 Å². The van der Waals surface area contributed by atoms with Gasteiger partial charge in [0.1, 0.15) is 0 Å². The first-order chi connectivity index (χ1) is 6.05. The fraction of sp³-hybridized carbons (Fsp3) is 0.364. The number of rotatable bonds is 2. The van der Waals surface area contributed by atoms with Gasteiger partial charge in [0.15, 0.2) is 0 Å². The van der Waals surface area contributed by atoms with E-state index in [9.17, 15) is 0 Å². The van der Waals surface area contributed by atoms with Gasteiger partial charge in [-0.15, -0.1) is 0 Å². The molecule has 0 spiro atoms. The van der Waals surface area contributed by atoms with Gasteiger partial charge in [0, 0.05) is 4.47 Å². The number of hydrogen-bond acceptors (Lipinski definition) is 1. The third-order valence-electron chi connectivity index (χ3n) is 1.89. The van der Waals surface area contributed by atoms with E-state index in [1.54, 1.807) is 0 Å². The molecule has 1 aromatic rings. The van der Waals surface area contributed by atoms with E-state index in [1.165, 1.54) is 5.56 Å². The maximum atomic E-state index is 8.88. The van der Waals surface area contributed by atoms with Crippen LogP contribution in [0.5, 0.6) is 0 Å². The highest BCUT2D eigenvalue weighted by molar-refractivity contribution is 9.10. The highest BCUT2D eigenvalue weighted by atomic mass is 79.9. The van der Waals surface area contributed by atoms with Gasteiger partial charge < -0.3 is 0 Å². The number of benzene rings is 1. The third kappa shape index (κ3) is 2.86. The SMILES string of the molecule is CC(C)(C#N)Cc1ccccc1Br. The highest BCUT2D eigenvalue weighted by Crippen LogP contribution is 2.25. The molecule has 0 N–H and O–H groups in total. The minimum atomic E-state index is -0.288. The van der Waals surface area contributed by atoms with E-state index in [-0.39, 0.29) is 5.41 Å². The van der Waals surface area contributed by atoms with Crippen molar-refractivity contribution in [2.45, 2.75) is 20.3 Å². The summed E-state index contributed by atoms with van der Waals surface area (Å²) in [4.78, 5) is 0. The molecule has 0 aliphatic carbocycles. The zero-order valence-corrected chi connectivity index (χ0v) is 9.43. The standard InChI is InChI=1S/C11H12BrN/c1-11(2,8-13)7-9-5-3-4-6-10(9)12/h3-6H,7H2,1-2H3. The molecule has 0 aromatic heterocycles. The topological polar surface area (TPSA) is 23.8 Å². The summed E-state index contributed by atoms with van der Waals surface area (Å²) in [6.07, 6.45) is 0.783. The van der Waals surface area contributed by atoms with Crippen LogP contribution in [0.1, 0.15) is 19.4 Å². The Kier molecular flexibility index (Phi) is 3.11. The molecule has 1 rings (SSSR count). The van der Waals surface area contributed by atoms with E-state index in [0.29, 0.717) is 0 Å². The van der Waals surface area contributed by atoms with Crippen molar-refractivity contribution in [1.29, 1.82) is 5.26 Å². The summed E-state index contributed by atoms with van der Waals surface area (Å²) in [5, 5.41) is 8.88. The summed E-state index contributed by atoms with van der Waals surface area (Å²) in [5.74, 6) is 0. The van der Waals surface area contributed by atoms with Crippen LogP contribution in [0.15, 0.2) is 28.7 Å². The lowest BCUT2D eigenvalue weighted by Gasteiger charge is -2.15. The molecular formula is C11H12BrN. The van der Waals surface area contributed by atoms with E-state index >= 15 is 0 Å². The van der Waals surface area contributed by atoms with E-state index in [2.05, 4.69) is 22.0 Å². The molecule has 0 aliphatic heterocycles. The summed E-state index contributed by atoms with van der Waals surface area (Å²) < 4.78 is 1.08. The Bertz CT molecular complexity index is 336. The lowest BCUT2D eigenvalue weighted by molar-refractivity contribution is 0.492. The predicted octanol–water partition coefficient (Wildman–Crippen LogP) is 3.54. The Hall–Kier alpha value is -0.810. The number of halogens is 1. The first-order valence-corrected chi connectivity index (χ1v) is 4.99. The quantitative estimate of drug-likeness (QED) is 0.772. The van der Waals surface area contributed by atoms with Gasteiger partial charge in [-0.25, -0.2) is 0 Å². The maximum absolute atomic E-state index is 8.88. The van der Waals surface area contributed by atoms with Crippen LogP contribution in [0.3, 0.4) is 0 Å². The van der Waals surface area contributed by atoms with E-state index in [4.69, 9.17) is 5.26 Å². The Balaban J connectivity index is 2.88. The minimum Gasteiger partial charge on any atom is -0.198 e. The molecule has 0 saturated carbocycles. The maximum Gasteiger partial charge on any atom is 0.0687 e. The average Bonchev–Trinajstić information content (AvgIpc) is 2.09. The lowest BCUT2D eigenvalue weighted by Crippen LogP contribution is -2.11. The Morgan fingerprint density at radius 1 is 1.38 bits per heavy atom. The molecule has 0 heterocycles. The molecule has 0 unspecified atom stereocenters. The van der Waals surface area contributed by atoms with E-state index in [1.807, 2.05) is 38.1 Å². The molecule has 0 saturated heterocycles. The minimum absolute atomic E-state index is 0.288. The molecule has 0 bridgehead atoms. The second-order valence-corrected chi connectivity index (χ2v) is 4.62. The number of nitriles is 1. The molecule has 0 fully saturated rings. The van der Waals surface area contributed by atoms with Crippen LogP contribution in [-0.4, -0.2) is 0 Å². The normalized spacial score (nSPS) is 10.9. The van der Waals surface area contributed by atoms with E-state index < -0.39 is 0 Å². The molecule has 1 aromatic carbocycles. The summed E-state index contributed by atoms with van der Waals surface area (Å²) >= 11 is 3.47. The summed E-state index contributed by atoms with van der Waals surface area (Å²) in [6, 6.07) is 10.3. The van der Waals surface area contributed by atoms with Gasteiger partial charge in [0.2, 0.25) is 0 Å². The van der Waals surface area contributed by atoms with Crippen LogP contribution in [0, 0.1) is 16.7 Å². The summed E-state index contributed by atoms with van der Waals surface area (Å²) in [6.45, 7) is 3.90. The lowest BCUT2D eigenvalue weighted by atomic mass is 9.87. The van der Waals surface area contributed by atoms with Gasteiger partial charge in [-0.05, 0) is 31.9 Å². The first-order valence-electron chi connectivity index (χ1n) is 4.20. The largest absolute Gasteiger partial charge is 0.198 e. The second kappa shape index (κ2) is 3.93. The monoisotopic (exact) mass is 237 g/mol. The fourth-order valence-electron chi connectivity index (χ4n) is 1.16. The molecule has 0 aliphatic rings.